The Morgan fingerprint density at radius 2 is 2.22 bits per heavy atom. The molecule has 0 aliphatic heterocycles. The number of carbonyl (C=O) groups excluding carboxylic acids is 2. The van der Waals surface area contributed by atoms with Crippen molar-refractivity contribution in [1.29, 1.82) is 0 Å². The summed E-state index contributed by atoms with van der Waals surface area (Å²) in [7, 11) is 1.29. The summed E-state index contributed by atoms with van der Waals surface area (Å²) in [6, 6.07) is 3.46. The van der Waals surface area contributed by atoms with Gasteiger partial charge in [-0.25, -0.2) is 0 Å². The molecular formula is C11H12N4O3. The molecule has 2 aromatic heterocycles. The molecule has 0 saturated carbocycles. The largest absolute Gasteiger partial charge is 0.469 e. The molecule has 0 aliphatic carbocycles. The van der Waals surface area contributed by atoms with Crippen LogP contribution < -0.4 is 5.32 Å². The second kappa shape index (κ2) is 5.26. The highest BCUT2D eigenvalue weighted by Crippen LogP contribution is 2.09. The summed E-state index contributed by atoms with van der Waals surface area (Å²) in [4.78, 5) is 22.4. The van der Waals surface area contributed by atoms with Gasteiger partial charge in [0.25, 0.3) is 0 Å². The third kappa shape index (κ3) is 2.82. The topological polar surface area (TPSA) is 85.6 Å². The molecule has 1 N–H and O–H groups in total. The van der Waals surface area contributed by atoms with E-state index in [0.29, 0.717) is 11.3 Å². The van der Waals surface area contributed by atoms with Crippen LogP contribution in [0.5, 0.6) is 0 Å². The van der Waals surface area contributed by atoms with Crippen LogP contribution in [0.2, 0.25) is 0 Å². The minimum absolute atomic E-state index is 0.0667. The molecule has 18 heavy (non-hydrogen) atoms. The molecule has 2 rings (SSSR count). The first-order valence-corrected chi connectivity index (χ1v) is 5.35. The average molecular weight is 248 g/mol. The third-order valence-electron chi connectivity index (χ3n) is 2.36. The molecule has 0 spiro atoms. The van der Waals surface area contributed by atoms with Gasteiger partial charge in [-0.2, -0.15) is 0 Å². The number of hydrogen-bond acceptors (Lipinski definition) is 5. The van der Waals surface area contributed by atoms with E-state index in [1.165, 1.54) is 7.11 Å². The van der Waals surface area contributed by atoms with Gasteiger partial charge in [-0.1, -0.05) is 0 Å². The number of aromatic nitrogens is 3. The van der Waals surface area contributed by atoms with E-state index in [1.54, 1.807) is 29.1 Å². The van der Waals surface area contributed by atoms with Crippen molar-refractivity contribution < 1.29 is 14.3 Å². The average Bonchev–Trinajstić information content (AvgIpc) is 2.83. The number of ether oxygens (including phenoxy) is 1. The summed E-state index contributed by atoms with van der Waals surface area (Å²) >= 11 is 0. The predicted molar refractivity (Wildman–Crippen MR) is 62.9 cm³/mol. The van der Waals surface area contributed by atoms with Crippen molar-refractivity contribution in [3.63, 3.8) is 0 Å². The van der Waals surface area contributed by atoms with Gasteiger partial charge in [0, 0.05) is 12.6 Å². The molecular weight excluding hydrogens is 236 g/mol. The molecule has 0 fully saturated rings. The van der Waals surface area contributed by atoms with E-state index in [1.807, 2.05) is 0 Å². The fraction of sp³-hybridized carbons (Fsp3) is 0.273. The highest BCUT2D eigenvalue weighted by Gasteiger charge is 2.07. The number of rotatable bonds is 4. The van der Waals surface area contributed by atoms with Crippen LogP contribution in [0.15, 0.2) is 24.7 Å². The van der Waals surface area contributed by atoms with Gasteiger partial charge in [0.05, 0.1) is 19.2 Å². The Kier molecular flexibility index (Phi) is 3.52. The number of pyridine rings is 1. The van der Waals surface area contributed by atoms with Crippen molar-refractivity contribution in [3.8, 4) is 0 Å². The van der Waals surface area contributed by atoms with Gasteiger partial charge in [-0.05, 0) is 12.1 Å². The Hall–Kier alpha value is -2.44. The number of nitrogens with zero attached hydrogens (tertiary/aromatic N) is 3. The summed E-state index contributed by atoms with van der Waals surface area (Å²) in [5.41, 5.74) is 1.32. The summed E-state index contributed by atoms with van der Waals surface area (Å²) in [6.45, 7) is 0. The van der Waals surface area contributed by atoms with Crippen LogP contribution in [0.1, 0.15) is 12.8 Å². The number of nitrogens with one attached hydrogen (secondary N) is 1. The fourth-order valence-corrected chi connectivity index (χ4v) is 1.44. The molecule has 0 unspecified atom stereocenters. The Morgan fingerprint density at radius 3 is 3.00 bits per heavy atom. The van der Waals surface area contributed by atoms with Crippen LogP contribution in [0.3, 0.4) is 0 Å². The smallest absolute Gasteiger partial charge is 0.306 e. The summed E-state index contributed by atoms with van der Waals surface area (Å²) in [5.74, 6) is -0.646. The zero-order valence-electron chi connectivity index (χ0n) is 9.79. The van der Waals surface area contributed by atoms with Gasteiger partial charge in [-0.15, -0.1) is 10.2 Å². The van der Waals surface area contributed by atoms with Gasteiger partial charge in [0.1, 0.15) is 6.33 Å². The van der Waals surface area contributed by atoms with E-state index in [9.17, 15) is 9.59 Å². The first-order chi connectivity index (χ1) is 8.69. The van der Waals surface area contributed by atoms with Crippen LogP contribution in [0.4, 0.5) is 5.69 Å². The van der Waals surface area contributed by atoms with E-state index in [0.717, 1.165) is 0 Å². The van der Waals surface area contributed by atoms with Gasteiger partial charge >= 0.3 is 5.97 Å². The third-order valence-corrected chi connectivity index (χ3v) is 2.36. The van der Waals surface area contributed by atoms with Crippen molar-refractivity contribution >= 4 is 23.2 Å². The summed E-state index contributed by atoms with van der Waals surface area (Å²) in [5, 5.41) is 10.3. The number of fused-ring (bicyclic) bond motifs is 1. The number of esters is 1. The number of carbonyl (C=O) groups is 2. The summed E-state index contributed by atoms with van der Waals surface area (Å²) in [6.07, 6.45) is 3.40. The first kappa shape index (κ1) is 12.0. The molecule has 7 heteroatoms. The predicted octanol–water partition coefficient (Wildman–Crippen LogP) is 0.621. The molecule has 0 saturated heterocycles. The Bertz CT molecular complexity index is 578. The maximum absolute atomic E-state index is 11.5. The number of methoxy groups -OCH3 is 1. The minimum Gasteiger partial charge on any atom is -0.469 e. The van der Waals surface area contributed by atoms with E-state index in [-0.39, 0.29) is 18.7 Å². The van der Waals surface area contributed by atoms with Gasteiger partial charge in [0.2, 0.25) is 5.91 Å². The van der Waals surface area contributed by atoms with Crippen molar-refractivity contribution in [2.45, 2.75) is 12.8 Å². The van der Waals surface area contributed by atoms with Crippen molar-refractivity contribution in [1.82, 2.24) is 14.6 Å². The zero-order chi connectivity index (χ0) is 13.0. The van der Waals surface area contributed by atoms with E-state index in [4.69, 9.17) is 0 Å². The molecule has 0 aliphatic rings. The lowest BCUT2D eigenvalue weighted by molar-refractivity contribution is -0.141. The highest BCUT2D eigenvalue weighted by atomic mass is 16.5. The van der Waals surface area contributed by atoms with Crippen molar-refractivity contribution in [2.24, 2.45) is 0 Å². The molecule has 94 valence electrons. The Morgan fingerprint density at radius 1 is 1.39 bits per heavy atom. The summed E-state index contributed by atoms with van der Waals surface area (Å²) < 4.78 is 6.15. The van der Waals surface area contributed by atoms with E-state index in [2.05, 4.69) is 20.3 Å². The van der Waals surface area contributed by atoms with Gasteiger partial charge in [0.15, 0.2) is 5.65 Å². The van der Waals surface area contributed by atoms with Crippen LogP contribution >= 0.6 is 0 Å². The molecule has 0 radical (unpaired) electrons. The Balaban J connectivity index is 1.96. The molecule has 0 bridgehead atoms. The number of hydrogen-bond donors (Lipinski definition) is 1. The van der Waals surface area contributed by atoms with E-state index >= 15 is 0 Å². The maximum Gasteiger partial charge on any atom is 0.306 e. The van der Waals surface area contributed by atoms with Crippen molar-refractivity contribution in [3.05, 3.63) is 24.7 Å². The maximum atomic E-state index is 11.5. The lowest BCUT2D eigenvalue weighted by atomic mass is 10.3. The standard InChI is InChI=1S/C11H12N4O3/c1-18-11(17)5-4-10(16)13-8-2-3-9-14-12-7-15(9)6-8/h2-3,6-7H,4-5H2,1H3,(H,13,16). The lowest BCUT2D eigenvalue weighted by Gasteiger charge is -2.04. The molecule has 0 aromatic carbocycles. The van der Waals surface area contributed by atoms with Gasteiger partial charge < -0.3 is 10.1 Å². The zero-order valence-corrected chi connectivity index (χ0v) is 9.79. The van der Waals surface area contributed by atoms with E-state index < -0.39 is 5.97 Å². The quantitative estimate of drug-likeness (QED) is 0.802. The minimum atomic E-state index is -0.403. The lowest BCUT2D eigenvalue weighted by Crippen LogP contribution is -2.14. The van der Waals surface area contributed by atoms with Crippen molar-refractivity contribution in [2.75, 3.05) is 12.4 Å². The van der Waals surface area contributed by atoms with Crippen LogP contribution in [0, 0.1) is 0 Å². The number of amides is 1. The van der Waals surface area contributed by atoms with Crippen LogP contribution in [-0.2, 0) is 14.3 Å². The molecule has 1 amide bonds. The van der Waals surface area contributed by atoms with Gasteiger partial charge in [-0.3, -0.25) is 14.0 Å². The monoisotopic (exact) mass is 248 g/mol. The van der Waals surface area contributed by atoms with Crippen LogP contribution in [-0.4, -0.2) is 33.6 Å². The highest BCUT2D eigenvalue weighted by molar-refractivity contribution is 5.92. The molecule has 7 nitrogen and oxygen atoms in total. The second-order valence-electron chi connectivity index (χ2n) is 3.64. The number of anilines is 1. The Labute approximate surface area is 103 Å². The fourth-order valence-electron chi connectivity index (χ4n) is 1.44. The SMILES string of the molecule is COC(=O)CCC(=O)Nc1ccc2nncn2c1. The molecule has 0 atom stereocenters. The molecule has 2 aromatic rings. The molecule has 2 heterocycles. The van der Waals surface area contributed by atoms with Crippen LogP contribution in [0.25, 0.3) is 5.65 Å². The normalized spacial score (nSPS) is 10.3. The second-order valence-corrected chi connectivity index (χ2v) is 3.64. The first-order valence-electron chi connectivity index (χ1n) is 5.35.